The molecule has 0 unspecified atom stereocenters. The number of aryl methyl sites for hydroxylation is 1. The van der Waals surface area contributed by atoms with E-state index in [0.29, 0.717) is 24.9 Å². The number of anilines is 1. The number of methoxy groups -OCH3 is 1. The third-order valence-corrected chi connectivity index (χ3v) is 6.95. The number of likely N-dealkylation sites (N-methyl/N-ethyl adjacent to an activating group) is 1. The number of rotatable bonds is 4. The average Bonchev–Trinajstić information content (AvgIpc) is 2.87. The molecule has 0 saturated carbocycles. The van der Waals surface area contributed by atoms with Gasteiger partial charge in [0, 0.05) is 67.9 Å². The highest BCUT2D eigenvalue weighted by atomic mass is 16.5. The largest absolute Gasteiger partial charge is 0.481 e. The summed E-state index contributed by atoms with van der Waals surface area (Å²) >= 11 is 0. The number of pyridine rings is 1. The first-order valence-electron chi connectivity index (χ1n) is 12.6. The average molecular weight is 479 g/mol. The van der Waals surface area contributed by atoms with Gasteiger partial charge in [-0.3, -0.25) is 9.69 Å². The van der Waals surface area contributed by atoms with Crippen LogP contribution in [0, 0.1) is 6.92 Å². The summed E-state index contributed by atoms with van der Waals surface area (Å²) in [5, 5.41) is 3.17. The number of hydrogen-bond acceptors (Lipinski definition) is 6. The molecule has 1 fully saturated rings. The Morgan fingerprint density at radius 3 is 2.77 bits per heavy atom. The molecule has 3 heterocycles. The molecular formula is C28H38N4O3. The number of amides is 1. The van der Waals surface area contributed by atoms with Crippen LogP contribution in [0.3, 0.4) is 0 Å². The zero-order valence-electron chi connectivity index (χ0n) is 21.5. The molecule has 2 aliphatic rings. The molecule has 2 aliphatic heterocycles. The van der Waals surface area contributed by atoms with Crippen LogP contribution in [0.2, 0.25) is 0 Å². The first-order valence-corrected chi connectivity index (χ1v) is 12.6. The van der Waals surface area contributed by atoms with Crippen molar-refractivity contribution in [3.05, 3.63) is 64.4 Å². The summed E-state index contributed by atoms with van der Waals surface area (Å²) in [4.78, 5) is 22.8. The maximum atomic E-state index is 13.5. The van der Waals surface area contributed by atoms with Gasteiger partial charge in [0.25, 0.3) is 5.91 Å². The Morgan fingerprint density at radius 1 is 1.23 bits per heavy atom. The van der Waals surface area contributed by atoms with Crippen molar-refractivity contribution in [2.45, 2.75) is 52.2 Å². The zero-order valence-corrected chi connectivity index (χ0v) is 21.5. The number of allylic oxidation sites excluding steroid dienone is 1. The molecule has 0 spiro atoms. The Bertz CT molecular complexity index is 1060. The van der Waals surface area contributed by atoms with Gasteiger partial charge >= 0.3 is 0 Å². The summed E-state index contributed by atoms with van der Waals surface area (Å²) < 4.78 is 11.2. The number of ether oxygens (including phenoxy) is 2. The summed E-state index contributed by atoms with van der Waals surface area (Å²) in [6, 6.07) is 8.62. The lowest BCUT2D eigenvalue weighted by Crippen LogP contribution is -2.40. The summed E-state index contributed by atoms with van der Waals surface area (Å²) in [5.41, 5.74) is 5.90. The third kappa shape index (κ3) is 5.85. The first kappa shape index (κ1) is 25.2. The highest BCUT2D eigenvalue weighted by molar-refractivity contribution is 5.97. The minimum atomic E-state index is -0.0699. The Balaban J connectivity index is 1.73. The minimum Gasteiger partial charge on any atom is -0.481 e. The third-order valence-electron chi connectivity index (χ3n) is 6.95. The van der Waals surface area contributed by atoms with Gasteiger partial charge < -0.3 is 19.7 Å². The number of nitrogens with zero attached hydrogens (tertiary/aromatic N) is 3. The van der Waals surface area contributed by atoms with E-state index < -0.39 is 0 Å². The molecule has 35 heavy (non-hydrogen) atoms. The zero-order chi connectivity index (χ0) is 24.8. The molecule has 4 rings (SSSR count). The van der Waals surface area contributed by atoms with Crippen LogP contribution >= 0.6 is 0 Å². The second-order valence-electron chi connectivity index (χ2n) is 9.40. The maximum absolute atomic E-state index is 13.5. The molecule has 7 heteroatoms. The highest BCUT2D eigenvalue weighted by Gasteiger charge is 2.25. The predicted octanol–water partition coefficient (Wildman–Crippen LogP) is 3.88. The SMILES string of the molecule is CCN(c1cccc2c1C/C=C\CN(C)Cc1cc(C)nc(OC)c1CNC2=O)C1CCOCC1. The van der Waals surface area contributed by atoms with Crippen LogP contribution < -0.4 is 15.0 Å². The van der Waals surface area contributed by atoms with Crippen LogP contribution in [0.5, 0.6) is 5.88 Å². The second kappa shape index (κ2) is 11.7. The van der Waals surface area contributed by atoms with Gasteiger partial charge in [-0.25, -0.2) is 4.98 Å². The molecule has 1 aromatic heterocycles. The van der Waals surface area contributed by atoms with Crippen LogP contribution in [-0.2, 0) is 24.2 Å². The van der Waals surface area contributed by atoms with Gasteiger partial charge in [0.05, 0.1) is 7.11 Å². The summed E-state index contributed by atoms with van der Waals surface area (Å²) in [6.07, 6.45) is 7.12. The van der Waals surface area contributed by atoms with Gasteiger partial charge in [0.2, 0.25) is 5.88 Å². The van der Waals surface area contributed by atoms with Gasteiger partial charge in [-0.15, -0.1) is 0 Å². The Kier molecular flexibility index (Phi) is 8.42. The van der Waals surface area contributed by atoms with Gasteiger partial charge in [-0.1, -0.05) is 18.2 Å². The van der Waals surface area contributed by atoms with E-state index in [4.69, 9.17) is 9.47 Å². The molecule has 1 N–H and O–H groups in total. The van der Waals surface area contributed by atoms with Gasteiger partial charge in [0.15, 0.2) is 0 Å². The van der Waals surface area contributed by atoms with Crippen molar-refractivity contribution in [3.8, 4) is 5.88 Å². The van der Waals surface area contributed by atoms with Crippen LogP contribution in [0.25, 0.3) is 0 Å². The molecular weight excluding hydrogens is 440 g/mol. The number of aromatic nitrogens is 1. The van der Waals surface area contributed by atoms with Crippen molar-refractivity contribution in [3.63, 3.8) is 0 Å². The number of carbonyl (C=O) groups is 1. The van der Waals surface area contributed by atoms with E-state index >= 15 is 0 Å². The lowest BCUT2D eigenvalue weighted by Gasteiger charge is -2.37. The number of fused-ring (bicyclic) bond motifs is 2. The molecule has 1 amide bonds. The molecule has 7 nitrogen and oxygen atoms in total. The van der Waals surface area contributed by atoms with Crippen molar-refractivity contribution in [2.75, 3.05) is 45.4 Å². The molecule has 0 atom stereocenters. The summed E-state index contributed by atoms with van der Waals surface area (Å²) in [6.45, 7) is 8.57. The number of benzene rings is 1. The van der Waals surface area contributed by atoms with E-state index in [2.05, 4.69) is 58.4 Å². The van der Waals surface area contributed by atoms with Crippen molar-refractivity contribution in [1.29, 1.82) is 0 Å². The molecule has 2 aromatic rings. The van der Waals surface area contributed by atoms with Crippen LogP contribution in [-0.4, -0.2) is 62.3 Å². The highest BCUT2D eigenvalue weighted by Crippen LogP contribution is 2.30. The van der Waals surface area contributed by atoms with E-state index in [1.165, 1.54) is 0 Å². The summed E-state index contributed by atoms with van der Waals surface area (Å²) in [5.74, 6) is 0.504. The molecule has 1 saturated heterocycles. The second-order valence-corrected chi connectivity index (χ2v) is 9.40. The van der Waals surface area contributed by atoms with E-state index in [-0.39, 0.29) is 5.91 Å². The van der Waals surface area contributed by atoms with E-state index in [9.17, 15) is 4.79 Å². The van der Waals surface area contributed by atoms with E-state index in [1.807, 2.05) is 19.1 Å². The minimum absolute atomic E-state index is 0.0699. The van der Waals surface area contributed by atoms with E-state index in [1.54, 1.807) is 7.11 Å². The molecule has 0 radical (unpaired) electrons. The van der Waals surface area contributed by atoms with Gasteiger partial charge in [0.1, 0.15) is 0 Å². The quantitative estimate of drug-likeness (QED) is 0.673. The van der Waals surface area contributed by atoms with Crippen LogP contribution in [0.15, 0.2) is 36.4 Å². The lowest BCUT2D eigenvalue weighted by molar-refractivity contribution is 0.0845. The number of nitrogens with one attached hydrogen (secondary N) is 1. The van der Waals surface area contributed by atoms with E-state index in [0.717, 1.165) is 79.3 Å². The Labute approximate surface area is 209 Å². The van der Waals surface area contributed by atoms with Crippen molar-refractivity contribution in [1.82, 2.24) is 15.2 Å². The van der Waals surface area contributed by atoms with Crippen LogP contribution in [0.1, 0.15) is 52.5 Å². The fourth-order valence-electron chi connectivity index (χ4n) is 5.20. The monoisotopic (exact) mass is 478 g/mol. The maximum Gasteiger partial charge on any atom is 0.251 e. The molecule has 0 bridgehead atoms. The normalized spacial score (nSPS) is 18.8. The Morgan fingerprint density at radius 2 is 2.03 bits per heavy atom. The first-order chi connectivity index (χ1) is 17.0. The van der Waals surface area contributed by atoms with Gasteiger partial charge in [-0.05, 0) is 69.5 Å². The standard InChI is InChI=1S/C28H38N4O3/c1-5-32(22-12-15-35-16-13-22)26-11-8-10-24-23(26)9-6-7-14-31(3)19-21-17-20(2)30-28(34-4)25(21)18-29-27(24)33/h6-8,10-11,17,22H,5,9,12-16,18-19H2,1-4H3,(H,29,33)/b7-6-. The molecule has 0 aliphatic carbocycles. The number of hydrogen-bond donors (Lipinski definition) is 1. The fraction of sp³-hybridized carbons (Fsp3) is 0.500. The predicted molar refractivity (Wildman–Crippen MR) is 139 cm³/mol. The fourth-order valence-corrected chi connectivity index (χ4v) is 5.20. The van der Waals surface area contributed by atoms with Crippen molar-refractivity contribution >= 4 is 11.6 Å². The number of carbonyl (C=O) groups excluding carboxylic acids is 1. The Hall–Kier alpha value is -2.90. The van der Waals surface area contributed by atoms with Gasteiger partial charge in [-0.2, -0.15) is 0 Å². The van der Waals surface area contributed by atoms with Crippen molar-refractivity contribution < 1.29 is 14.3 Å². The van der Waals surface area contributed by atoms with Crippen molar-refractivity contribution in [2.24, 2.45) is 0 Å². The summed E-state index contributed by atoms with van der Waals surface area (Å²) in [7, 11) is 3.74. The molecule has 188 valence electrons. The topological polar surface area (TPSA) is 66.9 Å². The molecule has 1 aromatic carbocycles. The lowest BCUT2D eigenvalue weighted by atomic mass is 9.97. The smallest absolute Gasteiger partial charge is 0.251 e. The van der Waals surface area contributed by atoms with Crippen LogP contribution in [0.4, 0.5) is 5.69 Å².